The van der Waals surface area contributed by atoms with E-state index in [9.17, 15) is 4.79 Å². The van der Waals surface area contributed by atoms with Crippen LogP contribution in [0.5, 0.6) is 5.88 Å². The maximum absolute atomic E-state index is 11.1. The smallest absolute Gasteiger partial charge is 0.407 e. The Morgan fingerprint density at radius 3 is 2.64 bits per heavy atom. The first-order chi connectivity index (χ1) is 10.5. The maximum Gasteiger partial charge on any atom is 0.407 e. The van der Waals surface area contributed by atoms with E-state index in [2.05, 4.69) is 23.7 Å². The van der Waals surface area contributed by atoms with Crippen LogP contribution in [0.25, 0.3) is 0 Å². The second kappa shape index (κ2) is 7.31. The maximum atomic E-state index is 11.1. The zero-order valence-electron chi connectivity index (χ0n) is 13.1. The summed E-state index contributed by atoms with van der Waals surface area (Å²) in [6.07, 6.45) is 1.61. The van der Waals surface area contributed by atoms with Crippen LogP contribution >= 0.6 is 0 Å². The highest BCUT2D eigenvalue weighted by Gasteiger charge is 2.31. The Kier molecular flexibility index (Phi) is 5.43. The van der Waals surface area contributed by atoms with E-state index >= 15 is 0 Å². The Hall–Kier alpha value is -2.02. The van der Waals surface area contributed by atoms with E-state index in [1.165, 1.54) is 4.90 Å². The number of piperazine rings is 1. The number of aromatic nitrogens is 1. The fourth-order valence-electron chi connectivity index (χ4n) is 2.85. The van der Waals surface area contributed by atoms with Gasteiger partial charge in [0.25, 0.3) is 0 Å². The summed E-state index contributed by atoms with van der Waals surface area (Å²) in [5.41, 5.74) is 6.19. The van der Waals surface area contributed by atoms with Gasteiger partial charge in [-0.3, -0.25) is 4.90 Å². The van der Waals surface area contributed by atoms with Gasteiger partial charge in [-0.25, -0.2) is 9.78 Å². The van der Waals surface area contributed by atoms with Gasteiger partial charge in [-0.05, 0) is 26.3 Å². The highest BCUT2D eigenvalue weighted by atomic mass is 16.5. The molecule has 0 saturated carbocycles. The Labute approximate surface area is 130 Å². The molecule has 2 atom stereocenters. The van der Waals surface area contributed by atoms with Crippen LogP contribution in [0.1, 0.15) is 20.3 Å². The molecule has 1 aliphatic heterocycles. The van der Waals surface area contributed by atoms with E-state index in [1.54, 1.807) is 18.3 Å². The number of amides is 1. The lowest BCUT2D eigenvalue weighted by Gasteiger charge is -2.43. The van der Waals surface area contributed by atoms with E-state index < -0.39 is 6.09 Å². The van der Waals surface area contributed by atoms with Crippen molar-refractivity contribution in [2.75, 3.05) is 32.0 Å². The van der Waals surface area contributed by atoms with Gasteiger partial charge in [0.05, 0.1) is 18.5 Å². The minimum Gasteiger partial charge on any atom is -0.478 e. The van der Waals surface area contributed by atoms with Crippen molar-refractivity contribution in [3.8, 4) is 5.88 Å². The average Bonchev–Trinajstić information content (AvgIpc) is 2.47. The fraction of sp³-hybridized carbons (Fsp3) is 0.600. The molecule has 0 spiro atoms. The molecular weight excluding hydrogens is 284 g/mol. The summed E-state index contributed by atoms with van der Waals surface area (Å²) in [5, 5.41) is 9.09. The van der Waals surface area contributed by atoms with E-state index in [0.29, 0.717) is 31.3 Å². The molecule has 7 nitrogen and oxygen atoms in total. The molecule has 3 N–H and O–H groups in total. The van der Waals surface area contributed by atoms with Gasteiger partial charge in [0.15, 0.2) is 0 Å². The van der Waals surface area contributed by atoms with E-state index in [0.717, 1.165) is 13.0 Å². The first-order valence-electron chi connectivity index (χ1n) is 7.55. The molecule has 0 unspecified atom stereocenters. The molecule has 1 fully saturated rings. The second-order valence-corrected chi connectivity index (χ2v) is 5.76. The number of carboxylic acid groups (broad SMARTS) is 1. The van der Waals surface area contributed by atoms with Crippen molar-refractivity contribution < 1.29 is 14.6 Å². The number of hydrogen-bond donors (Lipinski definition) is 2. The Morgan fingerprint density at radius 1 is 1.41 bits per heavy atom. The molecule has 1 aliphatic rings. The molecule has 0 aliphatic carbocycles. The SMILES string of the molecule is C[C@@H]1CN(C(=O)O)C[C@H](C)N1CCCOc1ccc(N)cn1. The zero-order chi connectivity index (χ0) is 16.1. The summed E-state index contributed by atoms with van der Waals surface area (Å²) in [5.74, 6) is 0.575. The van der Waals surface area contributed by atoms with Gasteiger partial charge >= 0.3 is 6.09 Å². The number of carbonyl (C=O) groups is 1. The minimum atomic E-state index is -0.837. The molecule has 2 rings (SSSR count). The molecule has 1 aromatic heterocycles. The van der Waals surface area contributed by atoms with E-state index in [1.807, 2.05) is 0 Å². The third-order valence-electron chi connectivity index (χ3n) is 3.94. The first-order valence-corrected chi connectivity index (χ1v) is 7.55. The predicted octanol–water partition coefficient (Wildman–Crippen LogP) is 1.51. The zero-order valence-corrected chi connectivity index (χ0v) is 13.1. The lowest BCUT2D eigenvalue weighted by atomic mass is 10.1. The van der Waals surface area contributed by atoms with Crippen LogP contribution in [0.3, 0.4) is 0 Å². The quantitative estimate of drug-likeness (QED) is 0.801. The number of ether oxygens (including phenoxy) is 1. The van der Waals surface area contributed by atoms with Crippen LogP contribution in [-0.4, -0.2) is 64.3 Å². The van der Waals surface area contributed by atoms with Crippen molar-refractivity contribution in [2.45, 2.75) is 32.4 Å². The monoisotopic (exact) mass is 308 g/mol. The van der Waals surface area contributed by atoms with Gasteiger partial charge in [0, 0.05) is 37.8 Å². The molecule has 1 aromatic rings. The number of nitrogens with two attached hydrogens (primary N) is 1. The molecule has 7 heteroatoms. The van der Waals surface area contributed by atoms with Crippen molar-refractivity contribution in [3.63, 3.8) is 0 Å². The molecule has 22 heavy (non-hydrogen) atoms. The molecule has 0 radical (unpaired) electrons. The van der Waals surface area contributed by atoms with Crippen LogP contribution in [0.15, 0.2) is 18.3 Å². The number of pyridine rings is 1. The van der Waals surface area contributed by atoms with Gasteiger partial charge in [0.1, 0.15) is 0 Å². The standard InChI is InChI=1S/C15H24N4O3/c1-11-9-18(15(20)21)10-12(2)19(11)6-3-7-22-14-5-4-13(16)8-17-14/h4-5,8,11-12H,3,6-7,9-10,16H2,1-2H3,(H,20,21)/t11-,12+. The van der Waals surface area contributed by atoms with Crippen molar-refractivity contribution in [1.29, 1.82) is 0 Å². The molecule has 1 saturated heterocycles. The fourth-order valence-corrected chi connectivity index (χ4v) is 2.85. The van der Waals surface area contributed by atoms with E-state index in [4.69, 9.17) is 15.6 Å². The predicted molar refractivity (Wildman–Crippen MR) is 84.0 cm³/mol. The molecule has 0 aromatic carbocycles. The largest absolute Gasteiger partial charge is 0.478 e. The third-order valence-corrected chi connectivity index (χ3v) is 3.94. The van der Waals surface area contributed by atoms with E-state index in [-0.39, 0.29) is 12.1 Å². The molecule has 1 amide bonds. The number of anilines is 1. The summed E-state index contributed by atoms with van der Waals surface area (Å²) in [6.45, 7) is 6.70. The Morgan fingerprint density at radius 2 is 2.09 bits per heavy atom. The van der Waals surface area contributed by atoms with Gasteiger partial charge in [-0.1, -0.05) is 0 Å². The van der Waals surface area contributed by atoms with Gasteiger partial charge in [0.2, 0.25) is 5.88 Å². The van der Waals surface area contributed by atoms with Gasteiger partial charge in [-0.15, -0.1) is 0 Å². The number of hydrogen-bond acceptors (Lipinski definition) is 5. The number of rotatable bonds is 5. The molecule has 2 heterocycles. The van der Waals surface area contributed by atoms with Gasteiger partial charge in [-0.2, -0.15) is 0 Å². The average molecular weight is 308 g/mol. The Bertz CT molecular complexity index is 482. The highest BCUT2D eigenvalue weighted by Crippen LogP contribution is 2.16. The van der Waals surface area contributed by atoms with Crippen LogP contribution in [0.4, 0.5) is 10.5 Å². The highest BCUT2D eigenvalue weighted by molar-refractivity contribution is 5.65. The summed E-state index contributed by atoms with van der Waals surface area (Å²) in [4.78, 5) is 19.0. The van der Waals surface area contributed by atoms with Crippen molar-refractivity contribution in [2.24, 2.45) is 0 Å². The van der Waals surface area contributed by atoms with Crippen LogP contribution in [0.2, 0.25) is 0 Å². The summed E-state index contributed by atoms with van der Waals surface area (Å²) in [7, 11) is 0. The van der Waals surface area contributed by atoms with Crippen LogP contribution in [0, 0.1) is 0 Å². The topological polar surface area (TPSA) is 91.9 Å². The summed E-state index contributed by atoms with van der Waals surface area (Å²) >= 11 is 0. The lowest BCUT2D eigenvalue weighted by molar-refractivity contribution is 0.0371. The number of nitrogen functional groups attached to an aromatic ring is 1. The molecule has 0 bridgehead atoms. The minimum absolute atomic E-state index is 0.217. The van der Waals surface area contributed by atoms with Crippen LogP contribution < -0.4 is 10.5 Å². The van der Waals surface area contributed by atoms with Crippen molar-refractivity contribution in [1.82, 2.24) is 14.8 Å². The first kappa shape index (κ1) is 16.4. The van der Waals surface area contributed by atoms with Gasteiger partial charge < -0.3 is 20.5 Å². The Balaban J connectivity index is 1.74. The number of nitrogens with zero attached hydrogens (tertiary/aromatic N) is 3. The summed E-state index contributed by atoms with van der Waals surface area (Å²) < 4.78 is 5.58. The van der Waals surface area contributed by atoms with Crippen LogP contribution in [-0.2, 0) is 0 Å². The van der Waals surface area contributed by atoms with Crippen molar-refractivity contribution >= 4 is 11.8 Å². The molecule has 122 valence electrons. The lowest BCUT2D eigenvalue weighted by Crippen LogP contribution is -2.58. The normalized spacial score (nSPS) is 22.5. The molecular formula is C15H24N4O3. The van der Waals surface area contributed by atoms with Crippen molar-refractivity contribution in [3.05, 3.63) is 18.3 Å². The third kappa shape index (κ3) is 4.24. The second-order valence-electron chi connectivity index (χ2n) is 5.76. The summed E-state index contributed by atoms with van der Waals surface area (Å²) in [6, 6.07) is 3.95.